The molecule has 0 heterocycles. The van der Waals surface area contributed by atoms with Gasteiger partial charge in [-0.2, -0.15) is 0 Å². The van der Waals surface area contributed by atoms with Gasteiger partial charge in [-0.1, -0.05) is 0 Å². The molecule has 4 N–H and O–H groups in total. The van der Waals surface area contributed by atoms with Crippen LogP contribution in [0.2, 0.25) is 0 Å². The smallest absolute Gasteiger partial charge is 0.252 e. The first-order chi connectivity index (χ1) is 7.29. The minimum Gasteiger partial charge on any atom is -0.365 e. The fourth-order valence-electron chi connectivity index (χ4n) is 1.09. The lowest BCUT2D eigenvalue weighted by Crippen LogP contribution is -2.25. The van der Waals surface area contributed by atoms with Crippen LogP contribution in [0.15, 0.2) is 0 Å². The maximum absolute atomic E-state index is 13.0. The van der Waals surface area contributed by atoms with Gasteiger partial charge in [0.05, 0.1) is 11.1 Å². The van der Waals surface area contributed by atoms with E-state index in [9.17, 15) is 27.2 Å². The molecule has 0 radical (unpaired) electrons. The van der Waals surface area contributed by atoms with Crippen molar-refractivity contribution < 1.29 is 27.2 Å². The Balaban J connectivity index is 3.83. The second-order valence-electron chi connectivity index (χ2n) is 2.73. The first-order valence-corrected chi connectivity index (χ1v) is 3.74. The van der Waals surface area contributed by atoms with Gasteiger partial charge in [0, 0.05) is 0 Å². The molecular formula is C8H4F4N2O2. The van der Waals surface area contributed by atoms with Crippen LogP contribution in [0.25, 0.3) is 0 Å². The number of carbonyl (C=O) groups is 2. The van der Waals surface area contributed by atoms with E-state index in [1.165, 1.54) is 0 Å². The van der Waals surface area contributed by atoms with E-state index in [4.69, 9.17) is 0 Å². The molecule has 0 saturated carbocycles. The normalized spacial score (nSPS) is 10.2. The maximum atomic E-state index is 13.0. The van der Waals surface area contributed by atoms with Crippen molar-refractivity contribution in [1.29, 1.82) is 0 Å². The molecule has 0 unspecified atom stereocenters. The lowest BCUT2D eigenvalue weighted by atomic mass is 10.0. The fourth-order valence-corrected chi connectivity index (χ4v) is 1.09. The van der Waals surface area contributed by atoms with Crippen LogP contribution >= 0.6 is 0 Å². The third-order valence-electron chi connectivity index (χ3n) is 1.76. The SMILES string of the molecule is NC(=O)c1c(F)c(F)c(F)c(F)c1C(N)=O. The van der Waals surface area contributed by atoms with Crippen LogP contribution in [-0.2, 0) is 0 Å². The van der Waals surface area contributed by atoms with Gasteiger partial charge < -0.3 is 11.5 Å². The highest BCUT2D eigenvalue weighted by Crippen LogP contribution is 2.23. The summed E-state index contributed by atoms with van der Waals surface area (Å²) < 4.78 is 51.5. The summed E-state index contributed by atoms with van der Waals surface area (Å²) in [6.07, 6.45) is 0. The van der Waals surface area contributed by atoms with Crippen molar-refractivity contribution in [3.8, 4) is 0 Å². The predicted octanol–water partition coefficient (Wildman–Crippen LogP) is 0.441. The molecule has 0 spiro atoms. The van der Waals surface area contributed by atoms with Gasteiger partial charge in [-0.05, 0) is 0 Å². The first kappa shape index (κ1) is 12.0. The molecule has 2 amide bonds. The van der Waals surface area contributed by atoms with Crippen LogP contribution in [0.5, 0.6) is 0 Å². The van der Waals surface area contributed by atoms with Gasteiger partial charge in [-0.15, -0.1) is 0 Å². The summed E-state index contributed by atoms with van der Waals surface area (Å²) in [4.78, 5) is 21.4. The number of carbonyl (C=O) groups excluding carboxylic acids is 2. The molecule has 0 aliphatic rings. The number of nitrogens with two attached hydrogens (primary N) is 2. The second-order valence-corrected chi connectivity index (χ2v) is 2.73. The number of amides is 2. The van der Waals surface area contributed by atoms with Gasteiger partial charge in [-0.25, -0.2) is 17.6 Å². The molecule has 8 heteroatoms. The van der Waals surface area contributed by atoms with Gasteiger partial charge in [0.1, 0.15) is 0 Å². The molecule has 0 saturated heterocycles. The van der Waals surface area contributed by atoms with E-state index in [0.29, 0.717) is 0 Å². The monoisotopic (exact) mass is 236 g/mol. The van der Waals surface area contributed by atoms with Crippen molar-refractivity contribution in [1.82, 2.24) is 0 Å². The Bertz CT molecular complexity index is 457. The summed E-state index contributed by atoms with van der Waals surface area (Å²) in [6.45, 7) is 0. The standard InChI is InChI=1S/C8H4F4N2O2/c9-3-1(7(13)15)2(8(14)16)4(10)6(12)5(3)11/h(H2,13,15)(H2,14,16). The molecule has 86 valence electrons. The van der Waals surface area contributed by atoms with E-state index in [2.05, 4.69) is 11.5 Å². The zero-order valence-electron chi connectivity index (χ0n) is 7.48. The Morgan fingerprint density at radius 3 is 1.12 bits per heavy atom. The molecule has 1 rings (SSSR count). The average molecular weight is 236 g/mol. The third-order valence-corrected chi connectivity index (χ3v) is 1.76. The van der Waals surface area contributed by atoms with Crippen LogP contribution in [-0.4, -0.2) is 11.8 Å². The van der Waals surface area contributed by atoms with E-state index in [1.54, 1.807) is 0 Å². The van der Waals surface area contributed by atoms with Crippen molar-refractivity contribution in [3.63, 3.8) is 0 Å². The van der Waals surface area contributed by atoms with Gasteiger partial charge in [0.15, 0.2) is 23.3 Å². The summed E-state index contributed by atoms with van der Waals surface area (Å²) in [6, 6.07) is 0. The van der Waals surface area contributed by atoms with E-state index in [0.717, 1.165) is 0 Å². The molecule has 0 fully saturated rings. The molecule has 16 heavy (non-hydrogen) atoms. The van der Waals surface area contributed by atoms with Crippen LogP contribution in [0.1, 0.15) is 20.7 Å². The minimum absolute atomic E-state index is 1.41. The maximum Gasteiger partial charge on any atom is 0.252 e. The first-order valence-electron chi connectivity index (χ1n) is 3.74. The Labute approximate surface area is 85.8 Å². The van der Waals surface area contributed by atoms with E-state index < -0.39 is 46.2 Å². The minimum atomic E-state index is -2.24. The highest BCUT2D eigenvalue weighted by atomic mass is 19.2. The molecular weight excluding hydrogens is 232 g/mol. The van der Waals surface area contributed by atoms with Gasteiger partial charge in [-0.3, -0.25) is 9.59 Å². The molecule has 0 atom stereocenters. The van der Waals surface area contributed by atoms with Crippen molar-refractivity contribution in [2.45, 2.75) is 0 Å². The summed E-state index contributed by atoms with van der Waals surface area (Å²) in [5, 5.41) is 0. The zero-order chi connectivity index (χ0) is 12.6. The molecule has 0 bridgehead atoms. The van der Waals surface area contributed by atoms with E-state index in [-0.39, 0.29) is 0 Å². The molecule has 0 aliphatic carbocycles. The summed E-state index contributed by atoms with van der Waals surface area (Å²) in [5.41, 5.74) is 6.37. The molecule has 4 nitrogen and oxygen atoms in total. The Morgan fingerprint density at radius 2 is 0.938 bits per heavy atom. The van der Waals surface area contributed by atoms with Crippen molar-refractivity contribution in [2.75, 3.05) is 0 Å². The topological polar surface area (TPSA) is 86.2 Å². The quantitative estimate of drug-likeness (QED) is 0.443. The largest absolute Gasteiger partial charge is 0.365 e. The summed E-state index contributed by atoms with van der Waals surface area (Å²) in [7, 11) is 0. The zero-order valence-corrected chi connectivity index (χ0v) is 7.48. The van der Waals surface area contributed by atoms with E-state index in [1.807, 2.05) is 0 Å². The third kappa shape index (κ3) is 1.58. The lowest BCUT2D eigenvalue weighted by Gasteiger charge is -2.07. The number of hydrogen-bond donors (Lipinski definition) is 2. The van der Waals surface area contributed by atoms with Crippen molar-refractivity contribution in [2.24, 2.45) is 11.5 Å². The summed E-state index contributed by atoms with van der Waals surface area (Å²) >= 11 is 0. The predicted molar refractivity (Wildman–Crippen MR) is 43.3 cm³/mol. The van der Waals surface area contributed by atoms with Crippen molar-refractivity contribution >= 4 is 11.8 Å². The second kappa shape index (κ2) is 3.80. The van der Waals surface area contributed by atoms with Gasteiger partial charge in [0.2, 0.25) is 0 Å². The van der Waals surface area contributed by atoms with Crippen molar-refractivity contribution in [3.05, 3.63) is 34.4 Å². The number of benzene rings is 1. The number of halogens is 4. The molecule has 0 aliphatic heterocycles. The average Bonchev–Trinajstić information content (AvgIpc) is 2.18. The lowest BCUT2D eigenvalue weighted by molar-refractivity contribution is 0.0957. The summed E-state index contributed by atoms with van der Waals surface area (Å²) in [5.74, 6) is -11.9. The Morgan fingerprint density at radius 1 is 0.688 bits per heavy atom. The van der Waals surface area contributed by atoms with Gasteiger partial charge >= 0.3 is 0 Å². The molecule has 1 aromatic carbocycles. The van der Waals surface area contributed by atoms with Gasteiger partial charge in [0.25, 0.3) is 11.8 Å². The molecule has 0 aromatic heterocycles. The molecule has 1 aromatic rings. The van der Waals surface area contributed by atoms with Crippen LogP contribution in [0.4, 0.5) is 17.6 Å². The van der Waals surface area contributed by atoms with E-state index >= 15 is 0 Å². The highest BCUT2D eigenvalue weighted by molar-refractivity contribution is 6.06. The van der Waals surface area contributed by atoms with Crippen LogP contribution in [0.3, 0.4) is 0 Å². The highest BCUT2D eigenvalue weighted by Gasteiger charge is 2.30. The Kier molecular flexibility index (Phi) is 2.84. The number of primary amides is 2. The van der Waals surface area contributed by atoms with Crippen LogP contribution < -0.4 is 11.5 Å². The number of hydrogen-bond acceptors (Lipinski definition) is 2. The van der Waals surface area contributed by atoms with Crippen LogP contribution in [0, 0.1) is 23.3 Å². The Hall–Kier alpha value is -2.12. The fraction of sp³-hybridized carbons (Fsp3) is 0. The number of rotatable bonds is 2.